The third kappa shape index (κ3) is 3.25. The van der Waals surface area contributed by atoms with Crippen molar-refractivity contribution < 1.29 is 9.84 Å². The van der Waals surface area contributed by atoms with Crippen LogP contribution in [0.4, 0.5) is 0 Å². The van der Waals surface area contributed by atoms with E-state index >= 15 is 0 Å². The first-order valence-corrected chi connectivity index (χ1v) is 6.12. The maximum Gasteiger partial charge on any atom is 0.138 e. The molecular weight excluding hydrogens is 262 g/mol. The van der Waals surface area contributed by atoms with E-state index in [4.69, 9.17) is 26.7 Å². The number of aliphatic hydroxyl groups excluding tert-OH is 1. The van der Waals surface area contributed by atoms with Crippen LogP contribution in [-0.4, -0.2) is 5.11 Å². The number of hydrogen-bond acceptors (Lipinski definition) is 3. The van der Waals surface area contributed by atoms with Crippen LogP contribution >= 0.6 is 11.6 Å². The Morgan fingerprint density at radius 1 is 1.21 bits per heavy atom. The minimum atomic E-state index is -0.0583. The lowest BCUT2D eigenvalue weighted by Gasteiger charge is -2.10. The molecule has 2 aromatic carbocycles. The van der Waals surface area contributed by atoms with Gasteiger partial charge in [-0.3, -0.25) is 0 Å². The molecule has 0 aliphatic rings. The fraction of sp³-hybridized carbons (Fsp3) is 0.133. The molecule has 0 bridgehead atoms. The molecule has 0 saturated heterocycles. The van der Waals surface area contributed by atoms with Crippen LogP contribution in [0.25, 0.3) is 0 Å². The van der Waals surface area contributed by atoms with Crippen molar-refractivity contribution in [1.82, 2.24) is 0 Å². The number of nitrogens with zero attached hydrogens (tertiary/aromatic N) is 1. The van der Waals surface area contributed by atoms with Crippen molar-refractivity contribution in [2.45, 2.75) is 13.2 Å². The lowest BCUT2D eigenvalue weighted by molar-refractivity contribution is 0.280. The van der Waals surface area contributed by atoms with Crippen molar-refractivity contribution in [3.63, 3.8) is 0 Å². The van der Waals surface area contributed by atoms with E-state index in [2.05, 4.69) is 6.07 Å². The van der Waals surface area contributed by atoms with Crippen molar-refractivity contribution in [1.29, 1.82) is 5.26 Å². The molecule has 0 aliphatic carbocycles. The number of hydrogen-bond donors (Lipinski definition) is 1. The van der Waals surface area contributed by atoms with Gasteiger partial charge in [0.15, 0.2) is 0 Å². The summed E-state index contributed by atoms with van der Waals surface area (Å²) in [4.78, 5) is 0. The van der Waals surface area contributed by atoms with Crippen LogP contribution in [0, 0.1) is 11.3 Å². The standard InChI is InChI=1S/C15H12ClNO2/c16-14-7-11(9-18)5-6-15(14)19-10-13-4-2-1-3-12(13)8-17/h1-7,18H,9-10H2. The second-order valence-electron chi connectivity index (χ2n) is 3.98. The molecule has 0 aliphatic heterocycles. The molecule has 4 heteroatoms. The molecule has 0 heterocycles. The summed E-state index contributed by atoms with van der Waals surface area (Å²) in [7, 11) is 0. The summed E-state index contributed by atoms with van der Waals surface area (Å²) < 4.78 is 5.60. The second kappa shape index (κ2) is 6.24. The molecule has 1 N–H and O–H groups in total. The number of rotatable bonds is 4. The van der Waals surface area contributed by atoms with Crippen LogP contribution in [0.2, 0.25) is 5.02 Å². The molecule has 2 rings (SSSR count). The largest absolute Gasteiger partial charge is 0.487 e. The fourth-order valence-electron chi connectivity index (χ4n) is 1.67. The van der Waals surface area contributed by atoms with Gasteiger partial charge < -0.3 is 9.84 Å². The minimum absolute atomic E-state index is 0.0583. The first kappa shape index (κ1) is 13.4. The normalized spacial score (nSPS) is 9.95. The summed E-state index contributed by atoms with van der Waals surface area (Å²) >= 11 is 6.05. The van der Waals surface area contributed by atoms with Gasteiger partial charge in [-0.25, -0.2) is 0 Å². The van der Waals surface area contributed by atoms with Crippen molar-refractivity contribution >= 4 is 11.6 Å². The number of benzene rings is 2. The van der Waals surface area contributed by atoms with E-state index in [-0.39, 0.29) is 13.2 Å². The molecular formula is C15H12ClNO2. The topological polar surface area (TPSA) is 53.2 Å². The zero-order valence-corrected chi connectivity index (χ0v) is 10.9. The summed E-state index contributed by atoms with van der Waals surface area (Å²) in [5, 5.41) is 18.4. The van der Waals surface area contributed by atoms with E-state index < -0.39 is 0 Å². The number of halogens is 1. The molecule has 0 fully saturated rings. The summed E-state index contributed by atoms with van der Waals surface area (Å²) in [5.74, 6) is 0.534. The highest BCUT2D eigenvalue weighted by Gasteiger charge is 2.05. The average molecular weight is 274 g/mol. The Hall–Kier alpha value is -2.02. The lowest BCUT2D eigenvalue weighted by Crippen LogP contribution is -1.99. The van der Waals surface area contributed by atoms with Gasteiger partial charge >= 0.3 is 0 Å². The van der Waals surface area contributed by atoms with Gasteiger partial charge in [0.05, 0.1) is 23.3 Å². The maximum absolute atomic E-state index is 8.99. The summed E-state index contributed by atoms with van der Waals surface area (Å²) in [5.41, 5.74) is 2.13. The van der Waals surface area contributed by atoms with Crippen molar-refractivity contribution in [2.75, 3.05) is 0 Å². The number of ether oxygens (including phenoxy) is 1. The van der Waals surface area contributed by atoms with Crippen LogP contribution in [-0.2, 0) is 13.2 Å². The Labute approximate surface area is 116 Å². The molecule has 0 aromatic heterocycles. The van der Waals surface area contributed by atoms with Gasteiger partial charge in [-0.1, -0.05) is 35.9 Å². The SMILES string of the molecule is N#Cc1ccccc1COc1ccc(CO)cc1Cl. The van der Waals surface area contributed by atoms with Gasteiger partial charge in [-0.15, -0.1) is 0 Å². The van der Waals surface area contributed by atoms with Crippen molar-refractivity contribution in [3.8, 4) is 11.8 Å². The smallest absolute Gasteiger partial charge is 0.138 e. The van der Waals surface area contributed by atoms with Gasteiger partial charge in [-0.05, 0) is 23.8 Å². The van der Waals surface area contributed by atoms with Crippen LogP contribution in [0.1, 0.15) is 16.7 Å². The van der Waals surface area contributed by atoms with Crippen LogP contribution in [0.3, 0.4) is 0 Å². The average Bonchev–Trinajstić information content (AvgIpc) is 2.46. The summed E-state index contributed by atoms with van der Waals surface area (Å²) in [6, 6.07) is 14.5. The highest BCUT2D eigenvalue weighted by atomic mass is 35.5. The highest BCUT2D eigenvalue weighted by molar-refractivity contribution is 6.32. The molecule has 0 amide bonds. The van der Waals surface area contributed by atoms with Crippen molar-refractivity contribution in [3.05, 3.63) is 64.2 Å². The summed E-state index contributed by atoms with van der Waals surface area (Å²) in [6.45, 7) is 0.221. The Morgan fingerprint density at radius 3 is 2.68 bits per heavy atom. The molecule has 0 atom stereocenters. The molecule has 0 unspecified atom stereocenters. The van der Waals surface area contributed by atoms with Gasteiger partial charge in [0, 0.05) is 5.56 Å². The predicted octanol–water partition coefficient (Wildman–Crippen LogP) is 3.28. The molecule has 2 aromatic rings. The van der Waals surface area contributed by atoms with Gasteiger partial charge in [0.1, 0.15) is 12.4 Å². The van der Waals surface area contributed by atoms with E-state index in [9.17, 15) is 0 Å². The Bertz CT molecular complexity index is 620. The van der Waals surface area contributed by atoms with Gasteiger partial charge in [-0.2, -0.15) is 5.26 Å². The molecule has 0 saturated carbocycles. The van der Waals surface area contributed by atoms with Crippen LogP contribution in [0.15, 0.2) is 42.5 Å². The monoisotopic (exact) mass is 273 g/mol. The molecule has 19 heavy (non-hydrogen) atoms. The Kier molecular flexibility index (Phi) is 4.40. The number of nitriles is 1. The second-order valence-corrected chi connectivity index (χ2v) is 4.39. The van der Waals surface area contributed by atoms with Crippen LogP contribution in [0.5, 0.6) is 5.75 Å². The van der Waals surface area contributed by atoms with E-state index in [1.165, 1.54) is 0 Å². The van der Waals surface area contributed by atoms with Gasteiger partial charge in [0.25, 0.3) is 0 Å². The lowest BCUT2D eigenvalue weighted by atomic mass is 10.1. The Morgan fingerprint density at radius 2 is 2.00 bits per heavy atom. The summed E-state index contributed by atoms with van der Waals surface area (Å²) in [6.07, 6.45) is 0. The van der Waals surface area contributed by atoms with Crippen molar-refractivity contribution in [2.24, 2.45) is 0 Å². The molecule has 0 radical (unpaired) electrons. The van der Waals surface area contributed by atoms with E-state index in [1.807, 2.05) is 18.2 Å². The molecule has 3 nitrogen and oxygen atoms in total. The molecule has 96 valence electrons. The maximum atomic E-state index is 8.99. The molecule has 0 spiro atoms. The zero-order chi connectivity index (χ0) is 13.7. The van der Waals surface area contributed by atoms with E-state index in [1.54, 1.807) is 24.3 Å². The van der Waals surface area contributed by atoms with E-state index in [0.717, 1.165) is 11.1 Å². The first-order chi connectivity index (χ1) is 9.24. The third-order valence-electron chi connectivity index (χ3n) is 2.70. The fourth-order valence-corrected chi connectivity index (χ4v) is 1.93. The third-order valence-corrected chi connectivity index (χ3v) is 3.00. The van der Waals surface area contributed by atoms with E-state index in [0.29, 0.717) is 16.3 Å². The first-order valence-electron chi connectivity index (χ1n) is 5.74. The predicted molar refractivity (Wildman–Crippen MR) is 72.9 cm³/mol. The zero-order valence-electron chi connectivity index (χ0n) is 10.1. The number of aliphatic hydroxyl groups is 1. The van der Waals surface area contributed by atoms with Gasteiger partial charge in [0.2, 0.25) is 0 Å². The highest BCUT2D eigenvalue weighted by Crippen LogP contribution is 2.26. The minimum Gasteiger partial charge on any atom is -0.487 e. The quantitative estimate of drug-likeness (QED) is 0.930. The Balaban J connectivity index is 2.13. The van der Waals surface area contributed by atoms with Crippen LogP contribution < -0.4 is 4.74 Å².